The molecule has 2 aromatic heterocycles. The Morgan fingerprint density at radius 3 is 2.48 bits per heavy atom. The molecule has 1 atom stereocenters. The first-order valence-electron chi connectivity index (χ1n) is 13.5. The van der Waals surface area contributed by atoms with E-state index in [1.807, 2.05) is 39.8 Å². The smallest absolute Gasteiger partial charge is 0.410 e. The molecular formula is C29H37N7O4. The molecule has 1 aliphatic rings. The van der Waals surface area contributed by atoms with Crippen LogP contribution in [0, 0.1) is 0 Å². The summed E-state index contributed by atoms with van der Waals surface area (Å²) in [6.07, 6.45) is 4.45. The highest BCUT2D eigenvalue weighted by Crippen LogP contribution is 2.35. The number of pyridine rings is 1. The average Bonchev–Trinajstić information content (AvgIpc) is 3.32. The van der Waals surface area contributed by atoms with E-state index in [1.165, 1.54) is 4.68 Å². The number of primary amides is 1. The van der Waals surface area contributed by atoms with Crippen molar-refractivity contribution in [3.05, 3.63) is 65.2 Å². The predicted molar refractivity (Wildman–Crippen MR) is 153 cm³/mol. The number of hydrogen-bond acceptors (Lipinski definition) is 7. The lowest BCUT2D eigenvalue weighted by Gasteiger charge is -2.36. The standard InChI is InChI=1S/C29H37N7O4/c1-6-18-14-15-32-22(17-18)33-27(38)20-12-10-19(11-13-20)23-24(25(30)37)36(31-5)26(34-23)21-9-7-8-16-35(21)28(39)40-29(2,3)4/h10-15,17,21,31H,6-9,16H2,1-5H3,(H2,30,37)(H,32,33,38)/t21-/m0/s1. The van der Waals surface area contributed by atoms with E-state index in [1.54, 1.807) is 42.4 Å². The van der Waals surface area contributed by atoms with Gasteiger partial charge in [-0.15, -0.1) is 0 Å². The lowest BCUT2D eigenvalue weighted by Crippen LogP contribution is -2.43. The van der Waals surface area contributed by atoms with Gasteiger partial charge < -0.3 is 21.2 Å². The van der Waals surface area contributed by atoms with Crippen LogP contribution in [0.3, 0.4) is 0 Å². The number of imidazole rings is 1. The number of rotatable bonds is 7. The number of nitrogens with two attached hydrogens (primary N) is 1. The van der Waals surface area contributed by atoms with Gasteiger partial charge >= 0.3 is 6.09 Å². The second-order valence-electron chi connectivity index (χ2n) is 10.7. The summed E-state index contributed by atoms with van der Waals surface area (Å²) >= 11 is 0. The Bertz CT molecular complexity index is 1390. The second-order valence-corrected chi connectivity index (χ2v) is 10.7. The van der Waals surface area contributed by atoms with Crippen molar-refractivity contribution >= 4 is 23.7 Å². The maximum atomic E-state index is 13.1. The number of amides is 3. The fraction of sp³-hybridized carbons (Fsp3) is 0.414. The van der Waals surface area contributed by atoms with Crippen LogP contribution in [0.4, 0.5) is 10.6 Å². The molecule has 0 radical (unpaired) electrons. The monoisotopic (exact) mass is 547 g/mol. The molecule has 3 heterocycles. The predicted octanol–water partition coefficient (Wildman–Crippen LogP) is 4.49. The molecule has 0 saturated carbocycles. The number of benzene rings is 1. The van der Waals surface area contributed by atoms with Crippen molar-refractivity contribution in [1.82, 2.24) is 19.5 Å². The number of anilines is 1. The van der Waals surface area contributed by atoms with Gasteiger partial charge in [0.05, 0.1) is 6.04 Å². The van der Waals surface area contributed by atoms with Gasteiger partial charge in [0.15, 0.2) is 11.5 Å². The number of ether oxygens (including phenoxy) is 1. The van der Waals surface area contributed by atoms with Gasteiger partial charge in [0, 0.05) is 30.9 Å². The van der Waals surface area contributed by atoms with Crippen LogP contribution in [0.15, 0.2) is 42.6 Å². The number of aromatic nitrogens is 3. The number of likely N-dealkylation sites (tertiary alicyclic amines) is 1. The molecule has 212 valence electrons. The molecule has 0 bridgehead atoms. The van der Waals surface area contributed by atoms with Gasteiger partial charge in [0.1, 0.15) is 17.1 Å². The molecule has 0 spiro atoms. The van der Waals surface area contributed by atoms with E-state index in [0.29, 0.717) is 41.4 Å². The van der Waals surface area contributed by atoms with Gasteiger partial charge in [0.25, 0.3) is 11.8 Å². The third-order valence-corrected chi connectivity index (χ3v) is 6.68. The molecule has 11 nitrogen and oxygen atoms in total. The summed E-state index contributed by atoms with van der Waals surface area (Å²) < 4.78 is 7.20. The first-order valence-corrected chi connectivity index (χ1v) is 13.5. The Balaban J connectivity index is 1.66. The van der Waals surface area contributed by atoms with Crippen LogP contribution in [0.1, 0.15) is 85.2 Å². The van der Waals surface area contributed by atoms with Gasteiger partial charge in [-0.05, 0) is 76.3 Å². The van der Waals surface area contributed by atoms with E-state index in [4.69, 9.17) is 15.5 Å². The molecule has 4 N–H and O–H groups in total. The van der Waals surface area contributed by atoms with Crippen molar-refractivity contribution in [3.63, 3.8) is 0 Å². The van der Waals surface area contributed by atoms with Crippen molar-refractivity contribution < 1.29 is 19.1 Å². The maximum Gasteiger partial charge on any atom is 0.410 e. The molecule has 1 saturated heterocycles. The number of nitrogens with one attached hydrogen (secondary N) is 2. The topological polar surface area (TPSA) is 144 Å². The Morgan fingerprint density at radius 1 is 1.12 bits per heavy atom. The molecule has 1 aromatic carbocycles. The number of aryl methyl sites for hydroxylation is 1. The van der Waals surface area contributed by atoms with E-state index >= 15 is 0 Å². The number of carbonyl (C=O) groups excluding carboxylic acids is 3. The average molecular weight is 548 g/mol. The zero-order chi connectivity index (χ0) is 29.0. The first-order chi connectivity index (χ1) is 19.0. The lowest BCUT2D eigenvalue weighted by molar-refractivity contribution is 0.00817. The zero-order valence-electron chi connectivity index (χ0n) is 23.7. The van der Waals surface area contributed by atoms with Crippen LogP contribution in [-0.2, 0) is 11.2 Å². The van der Waals surface area contributed by atoms with E-state index in [-0.39, 0.29) is 11.6 Å². The van der Waals surface area contributed by atoms with Crippen LogP contribution in [0.25, 0.3) is 11.3 Å². The summed E-state index contributed by atoms with van der Waals surface area (Å²) in [7, 11) is 1.66. The Kier molecular flexibility index (Phi) is 8.41. The lowest BCUT2D eigenvalue weighted by atomic mass is 10.0. The van der Waals surface area contributed by atoms with Crippen LogP contribution in [-0.4, -0.2) is 56.6 Å². The molecule has 1 aliphatic heterocycles. The van der Waals surface area contributed by atoms with Crippen molar-refractivity contribution in [3.8, 4) is 11.3 Å². The van der Waals surface area contributed by atoms with Crippen LogP contribution < -0.4 is 16.5 Å². The number of nitrogens with zero attached hydrogens (tertiary/aromatic N) is 4. The molecule has 0 unspecified atom stereocenters. The SMILES string of the molecule is CCc1ccnc(NC(=O)c2ccc(-c3nc([C@@H]4CCCCN4C(=O)OC(C)(C)C)n(NC)c3C(N)=O)cc2)c1. The molecule has 40 heavy (non-hydrogen) atoms. The first kappa shape index (κ1) is 28.6. The minimum atomic E-state index is -0.675. The van der Waals surface area contributed by atoms with Crippen molar-refractivity contribution in [2.75, 3.05) is 24.3 Å². The van der Waals surface area contributed by atoms with Crippen LogP contribution in [0.5, 0.6) is 0 Å². The summed E-state index contributed by atoms with van der Waals surface area (Å²) in [6.45, 7) is 8.01. The largest absolute Gasteiger partial charge is 0.444 e. The van der Waals surface area contributed by atoms with E-state index < -0.39 is 23.6 Å². The summed E-state index contributed by atoms with van der Waals surface area (Å²) in [6, 6.07) is 10.1. The van der Waals surface area contributed by atoms with Gasteiger partial charge in [-0.1, -0.05) is 19.1 Å². The molecule has 3 aromatic rings. The Morgan fingerprint density at radius 2 is 1.85 bits per heavy atom. The molecule has 11 heteroatoms. The highest BCUT2D eigenvalue weighted by molar-refractivity contribution is 6.04. The minimum absolute atomic E-state index is 0.157. The second kappa shape index (κ2) is 11.8. The highest BCUT2D eigenvalue weighted by atomic mass is 16.6. The maximum absolute atomic E-state index is 13.1. The summed E-state index contributed by atoms with van der Waals surface area (Å²) in [5, 5.41) is 2.82. The normalized spacial score (nSPS) is 15.4. The zero-order valence-corrected chi connectivity index (χ0v) is 23.7. The quantitative estimate of drug-likeness (QED) is 0.395. The third kappa shape index (κ3) is 6.24. The van der Waals surface area contributed by atoms with Gasteiger partial charge in [-0.3, -0.25) is 14.5 Å². The summed E-state index contributed by atoms with van der Waals surface area (Å²) in [5.74, 6) is -0.0186. The Labute approximate surface area is 234 Å². The minimum Gasteiger partial charge on any atom is -0.444 e. The van der Waals surface area contributed by atoms with E-state index in [9.17, 15) is 14.4 Å². The van der Waals surface area contributed by atoms with Gasteiger partial charge in [-0.2, -0.15) is 0 Å². The highest BCUT2D eigenvalue weighted by Gasteiger charge is 2.36. The number of carbonyl (C=O) groups is 3. The molecule has 0 aliphatic carbocycles. The van der Waals surface area contributed by atoms with Gasteiger partial charge in [-0.25, -0.2) is 19.4 Å². The van der Waals surface area contributed by atoms with Crippen molar-refractivity contribution in [1.29, 1.82) is 0 Å². The van der Waals surface area contributed by atoms with Crippen molar-refractivity contribution in [2.45, 2.75) is 65.0 Å². The number of piperidine rings is 1. The number of hydrogen-bond donors (Lipinski definition) is 3. The Hall–Kier alpha value is -4.41. The fourth-order valence-electron chi connectivity index (χ4n) is 4.79. The fourth-order valence-corrected chi connectivity index (χ4v) is 4.79. The van der Waals surface area contributed by atoms with Gasteiger partial charge in [0.2, 0.25) is 0 Å². The summed E-state index contributed by atoms with van der Waals surface area (Å²) in [5.41, 5.74) is 10.8. The molecule has 3 amide bonds. The van der Waals surface area contributed by atoms with E-state index in [0.717, 1.165) is 24.8 Å². The summed E-state index contributed by atoms with van der Waals surface area (Å²) in [4.78, 5) is 49.3. The molecule has 1 fully saturated rings. The van der Waals surface area contributed by atoms with Crippen LogP contribution in [0.2, 0.25) is 0 Å². The van der Waals surface area contributed by atoms with Crippen LogP contribution >= 0.6 is 0 Å². The molecular weight excluding hydrogens is 510 g/mol. The van der Waals surface area contributed by atoms with Crippen molar-refractivity contribution in [2.24, 2.45) is 5.73 Å². The third-order valence-electron chi connectivity index (χ3n) is 6.68. The van der Waals surface area contributed by atoms with E-state index in [2.05, 4.69) is 15.7 Å². The molecule has 4 rings (SSSR count).